The van der Waals surface area contributed by atoms with Gasteiger partial charge in [0.2, 0.25) is 5.91 Å². The first kappa shape index (κ1) is 62.9. The molecule has 0 aromatic rings. The van der Waals surface area contributed by atoms with E-state index >= 15 is 0 Å². The van der Waals surface area contributed by atoms with E-state index < -0.39 is 20.0 Å². The Balaban J connectivity index is 4.33. The lowest BCUT2D eigenvalue weighted by Crippen LogP contribution is -2.45. The summed E-state index contributed by atoms with van der Waals surface area (Å²) in [7, 11) is 1.53. The van der Waals surface area contributed by atoms with Crippen LogP contribution in [0.25, 0.3) is 0 Å². The zero-order valence-corrected chi connectivity index (χ0v) is 43.9. The molecular formula is C56H104N2O6P+. The van der Waals surface area contributed by atoms with Gasteiger partial charge in [0.1, 0.15) is 13.2 Å². The van der Waals surface area contributed by atoms with Crippen molar-refractivity contribution >= 4 is 13.7 Å². The molecule has 0 saturated heterocycles. The normalized spacial score (nSPS) is 14.6. The Labute approximate surface area is 402 Å². The summed E-state index contributed by atoms with van der Waals surface area (Å²) < 4.78 is 23.6. The number of phosphoric acid groups is 1. The number of phosphoric ester groups is 1. The summed E-state index contributed by atoms with van der Waals surface area (Å²) in [6.07, 6.45) is 64.3. The van der Waals surface area contributed by atoms with Gasteiger partial charge in [0.15, 0.2) is 0 Å². The van der Waals surface area contributed by atoms with E-state index in [1.807, 2.05) is 27.2 Å². The van der Waals surface area contributed by atoms with Crippen LogP contribution in [0.2, 0.25) is 0 Å². The topological polar surface area (TPSA) is 105 Å². The van der Waals surface area contributed by atoms with E-state index in [9.17, 15) is 19.4 Å². The number of nitrogens with zero attached hydrogens (tertiary/aromatic N) is 1. The largest absolute Gasteiger partial charge is 0.472 e. The van der Waals surface area contributed by atoms with Crippen molar-refractivity contribution in [2.45, 2.75) is 238 Å². The van der Waals surface area contributed by atoms with Crippen molar-refractivity contribution in [2.75, 3.05) is 40.9 Å². The highest BCUT2D eigenvalue weighted by Gasteiger charge is 2.27. The fraction of sp³-hybridized carbons (Fsp3) is 0.768. The number of hydrogen-bond donors (Lipinski definition) is 3. The van der Waals surface area contributed by atoms with Crippen LogP contribution in [0.3, 0.4) is 0 Å². The highest BCUT2D eigenvalue weighted by Crippen LogP contribution is 2.43. The van der Waals surface area contributed by atoms with Gasteiger partial charge in [0.05, 0.1) is 39.9 Å². The summed E-state index contributed by atoms with van der Waals surface area (Å²) in [6.45, 7) is 4.67. The molecule has 8 nitrogen and oxygen atoms in total. The Kier molecular flexibility index (Phi) is 45.5. The number of carbonyl (C=O) groups excluding carboxylic acids is 1. The van der Waals surface area contributed by atoms with Crippen LogP contribution < -0.4 is 5.32 Å². The minimum Gasteiger partial charge on any atom is -0.387 e. The van der Waals surface area contributed by atoms with Crippen molar-refractivity contribution in [2.24, 2.45) is 0 Å². The number of nitrogens with one attached hydrogen (secondary N) is 1. The van der Waals surface area contributed by atoms with Crippen LogP contribution in [0, 0.1) is 0 Å². The van der Waals surface area contributed by atoms with Gasteiger partial charge in [-0.15, -0.1) is 0 Å². The monoisotopic (exact) mass is 932 g/mol. The number of quaternary nitrogens is 1. The van der Waals surface area contributed by atoms with E-state index in [0.717, 1.165) is 77.0 Å². The maximum absolute atomic E-state index is 12.9. The number of carbonyl (C=O) groups is 1. The van der Waals surface area contributed by atoms with Crippen molar-refractivity contribution < 1.29 is 32.9 Å². The Morgan fingerprint density at radius 2 is 0.938 bits per heavy atom. The zero-order chi connectivity index (χ0) is 47.8. The molecule has 378 valence electrons. The third-order valence-electron chi connectivity index (χ3n) is 11.7. The van der Waals surface area contributed by atoms with Gasteiger partial charge in [-0.3, -0.25) is 13.8 Å². The third kappa shape index (κ3) is 49.7. The van der Waals surface area contributed by atoms with Crippen LogP contribution in [0.15, 0.2) is 72.9 Å². The van der Waals surface area contributed by atoms with Gasteiger partial charge in [0.25, 0.3) is 0 Å². The summed E-state index contributed by atoms with van der Waals surface area (Å²) >= 11 is 0. The molecule has 0 aliphatic carbocycles. The molecule has 0 aliphatic heterocycles. The van der Waals surface area contributed by atoms with E-state index in [4.69, 9.17) is 9.05 Å². The smallest absolute Gasteiger partial charge is 0.387 e. The minimum absolute atomic E-state index is 0.0478. The van der Waals surface area contributed by atoms with Crippen LogP contribution in [0.5, 0.6) is 0 Å². The second kappa shape index (κ2) is 47.0. The van der Waals surface area contributed by atoms with E-state index in [-0.39, 0.29) is 19.1 Å². The molecule has 0 spiro atoms. The second-order valence-corrected chi connectivity index (χ2v) is 20.7. The molecule has 65 heavy (non-hydrogen) atoms. The quantitative estimate of drug-likeness (QED) is 0.0243. The first-order valence-corrected chi connectivity index (χ1v) is 28.3. The number of likely N-dealkylation sites (N-methyl/N-ethyl adjacent to an activating group) is 1. The van der Waals surface area contributed by atoms with Crippen molar-refractivity contribution in [3.8, 4) is 0 Å². The van der Waals surface area contributed by atoms with Gasteiger partial charge in [0, 0.05) is 6.42 Å². The maximum atomic E-state index is 12.9. The van der Waals surface area contributed by atoms with Gasteiger partial charge < -0.3 is 19.8 Å². The number of hydrogen-bond acceptors (Lipinski definition) is 5. The fourth-order valence-electron chi connectivity index (χ4n) is 7.46. The van der Waals surface area contributed by atoms with Crippen LogP contribution in [0.4, 0.5) is 0 Å². The minimum atomic E-state index is -4.36. The summed E-state index contributed by atoms with van der Waals surface area (Å²) in [5, 5.41) is 13.9. The summed E-state index contributed by atoms with van der Waals surface area (Å²) in [6, 6.07) is -0.880. The lowest BCUT2D eigenvalue weighted by molar-refractivity contribution is -0.870. The molecule has 3 N–H and O–H groups in total. The zero-order valence-electron chi connectivity index (χ0n) is 43.0. The molecule has 9 heteroatoms. The van der Waals surface area contributed by atoms with E-state index in [1.54, 1.807) is 6.08 Å². The predicted molar refractivity (Wildman–Crippen MR) is 281 cm³/mol. The van der Waals surface area contributed by atoms with Crippen molar-refractivity contribution in [1.82, 2.24) is 5.32 Å². The Morgan fingerprint density at radius 1 is 0.538 bits per heavy atom. The molecule has 0 rings (SSSR count). The summed E-state index contributed by atoms with van der Waals surface area (Å²) in [4.78, 5) is 23.2. The molecule has 0 aromatic carbocycles. The molecular weight excluding hydrogens is 828 g/mol. The van der Waals surface area contributed by atoms with Crippen LogP contribution in [-0.4, -0.2) is 73.4 Å². The summed E-state index contributed by atoms with van der Waals surface area (Å²) in [5.41, 5.74) is 0. The Morgan fingerprint density at radius 3 is 1.42 bits per heavy atom. The average Bonchev–Trinajstić information content (AvgIpc) is 3.26. The fourth-order valence-corrected chi connectivity index (χ4v) is 8.20. The van der Waals surface area contributed by atoms with Gasteiger partial charge in [-0.05, 0) is 70.6 Å². The van der Waals surface area contributed by atoms with Crippen molar-refractivity contribution in [3.05, 3.63) is 72.9 Å². The van der Waals surface area contributed by atoms with Crippen molar-refractivity contribution in [1.29, 1.82) is 0 Å². The molecule has 1 amide bonds. The van der Waals surface area contributed by atoms with Gasteiger partial charge in [-0.25, -0.2) is 4.57 Å². The van der Waals surface area contributed by atoms with Crippen LogP contribution in [0.1, 0.15) is 226 Å². The molecule has 3 unspecified atom stereocenters. The van der Waals surface area contributed by atoms with Gasteiger partial charge in [-0.1, -0.05) is 222 Å². The standard InChI is InChI=1S/C56H103N2O6P/c1-6-8-10-12-14-16-18-20-22-24-25-26-27-28-29-30-31-32-34-35-37-39-41-43-45-47-49-55(59)54(53-64-65(61,62)63-52-51-58(3,4)5)57-56(60)50-48-46-44-42-40-38-36-33-23-21-19-17-15-13-11-9-7-2/h9,11,15,17,21,23,36,38-39,41,47,49,54-55,59H,6-8,10,12-14,16,18-20,22,24-35,37,40,42-46,48,50-53H2,1-5H3,(H-,57,60,61,62)/p+1/b11-9-,17-15-,23-21-,38-36-,41-39+,49-47+. The number of rotatable bonds is 48. The lowest BCUT2D eigenvalue weighted by Gasteiger charge is -2.25. The second-order valence-electron chi connectivity index (χ2n) is 19.2. The Hall–Kier alpha value is -2.06. The molecule has 0 radical (unpaired) electrons. The van der Waals surface area contributed by atoms with Gasteiger partial charge >= 0.3 is 7.82 Å². The van der Waals surface area contributed by atoms with Crippen LogP contribution in [-0.2, 0) is 18.4 Å². The first-order valence-electron chi connectivity index (χ1n) is 26.8. The molecule has 3 atom stereocenters. The molecule has 0 aromatic heterocycles. The Bertz CT molecular complexity index is 1290. The van der Waals surface area contributed by atoms with E-state index in [0.29, 0.717) is 17.4 Å². The highest BCUT2D eigenvalue weighted by atomic mass is 31.2. The molecule has 0 aliphatic rings. The lowest BCUT2D eigenvalue weighted by atomic mass is 10.0. The SMILES string of the molecule is CC/C=C\C/C=C\C/C=C\C/C=C\CCCCCCC(=O)NC(COP(=O)(O)OCC[N+](C)(C)C)C(O)/C=C/CC/C=C/CCCCCCCCCCCCCCCCCCCCCC. The number of aliphatic hydroxyl groups excluding tert-OH is 1. The first-order chi connectivity index (χ1) is 31.5. The van der Waals surface area contributed by atoms with E-state index in [1.165, 1.54) is 128 Å². The average molecular weight is 932 g/mol. The summed E-state index contributed by atoms with van der Waals surface area (Å²) in [5.74, 6) is -0.211. The van der Waals surface area contributed by atoms with E-state index in [2.05, 4.69) is 79.9 Å². The van der Waals surface area contributed by atoms with Crippen LogP contribution >= 0.6 is 7.82 Å². The maximum Gasteiger partial charge on any atom is 0.472 e. The molecule has 0 heterocycles. The number of unbranched alkanes of at least 4 members (excludes halogenated alkanes) is 25. The number of amides is 1. The number of allylic oxidation sites excluding steroid dienone is 11. The third-order valence-corrected chi connectivity index (χ3v) is 12.6. The molecule has 0 fully saturated rings. The predicted octanol–water partition coefficient (Wildman–Crippen LogP) is 15.9. The molecule has 0 bridgehead atoms. The van der Waals surface area contributed by atoms with Crippen molar-refractivity contribution in [3.63, 3.8) is 0 Å². The molecule has 0 saturated carbocycles. The highest BCUT2D eigenvalue weighted by molar-refractivity contribution is 7.47. The number of aliphatic hydroxyl groups is 1. The van der Waals surface area contributed by atoms with Gasteiger partial charge in [-0.2, -0.15) is 0 Å².